The van der Waals surface area contributed by atoms with Crippen molar-refractivity contribution in [1.82, 2.24) is 10.2 Å². The Morgan fingerprint density at radius 2 is 1.94 bits per heavy atom. The Hall–Kier alpha value is -1.26. The smallest absolute Gasteiger partial charge is 0.321 e. The molecule has 2 unspecified atom stereocenters. The molecule has 1 aromatic rings. The van der Waals surface area contributed by atoms with Crippen molar-refractivity contribution in [2.75, 3.05) is 31.5 Å². The van der Waals surface area contributed by atoms with E-state index in [0.29, 0.717) is 22.5 Å². The Labute approximate surface area is 111 Å². The summed E-state index contributed by atoms with van der Waals surface area (Å²) in [5.74, 6) is 1.23. The van der Waals surface area contributed by atoms with Crippen LogP contribution in [0.3, 0.4) is 0 Å². The molecule has 2 amide bonds. The maximum absolute atomic E-state index is 12.1. The molecule has 0 bridgehead atoms. The van der Waals surface area contributed by atoms with Crippen molar-refractivity contribution in [1.29, 1.82) is 0 Å². The summed E-state index contributed by atoms with van der Waals surface area (Å²) in [6.45, 7) is 3.74. The van der Waals surface area contributed by atoms with E-state index in [1.807, 2.05) is 23.1 Å². The first kappa shape index (κ1) is 11.8. The van der Waals surface area contributed by atoms with Gasteiger partial charge in [-0.2, -0.15) is 0 Å². The summed E-state index contributed by atoms with van der Waals surface area (Å²) in [5.41, 5.74) is 0.680. The van der Waals surface area contributed by atoms with E-state index in [-0.39, 0.29) is 6.03 Å². The highest BCUT2D eigenvalue weighted by Crippen LogP contribution is 2.27. The molecule has 5 heteroatoms. The molecule has 18 heavy (non-hydrogen) atoms. The molecule has 2 atom stereocenters. The lowest BCUT2D eigenvalue weighted by Gasteiger charge is -2.18. The maximum Gasteiger partial charge on any atom is 0.321 e. The molecule has 4 nitrogen and oxygen atoms in total. The topological polar surface area (TPSA) is 44.4 Å². The maximum atomic E-state index is 12.1. The van der Waals surface area contributed by atoms with E-state index in [1.54, 1.807) is 6.07 Å². The number of fused-ring (bicyclic) bond motifs is 1. The standard InChI is InChI=1S/C13H16ClN3O/c14-11-3-1-2-4-12(11)16-13(18)17-7-9-5-15-6-10(9)8-17/h1-4,9-10,15H,5-8H2,(H,16,18). The number of hydrogen-bond acceptors (Lipinski definition) is 2. The van der Waals surface area contributed by atoms with E-state index in [0.717, 1.165) is 26.2 Å². The van der Waals surface area contributed by atoms with Gasteiger partial charge in [0.15, 0.2) is 0 Å². The van der Waals surface area contributed by atoms with Crippen LogP contribution in [0.15, 0.2) is 24.3 Å². The lowest BCUT2D eigenvalue weighted by atomic mass is 10.0. The second-order valence-electron chi connectivity index (χ2n) is 4.99. The highest BCUT2D eigenvalue weighted by molar-refractivity contribution is 6.33. The minimum atomic E-state index is -0.0440. The number of para-hydroxylation sites is 1. The zero-order chi connectivity index (χ0) is 12.5. The van der Waals surface area contributed by atoms with Crippen molar-refractivity contribution in [3.8, 4) is 0 Å². The van der Waals surface area contributed by atoms with Crippen LogP contribution in [-0.4, -0.2) is 37.1 Å². The lowest BCUT2D eigenvalue weighted by Crippen LogP contribution is -2.35. The van der Waals surface area contributed by atoms with Gasteiger partial charge in [0.05, 0.1) is 10.7 Å². The van der Waals surface area contributed by atoms with Crippen molar-refractivity contribution in [2.24, 2.45) is 11.8 Å². The largest absolute Gasteiger partial charge is 0.324 e. The molecule has 3 rings (SSSR count). The predicted molar refractivity (Wildman–Crippen MR) is 71.9 cm³/mol. The van der Waals surface area contributed by atoms with Gasteiger partial charge in [0, 0.05) is 26.2 Å². The summed E-state index contributed by atoms with van der Waals surface area (Å²) in [7, 11) is 0. The van der Waals surface area contributed by atoms with Crippen molar-refractivity contribution >= 4 is 23.3 Å². The van der Waals surface area contributed by atoms with Crippen LogP contribution in [0.4, 0.5) is 10.5 Å². The number of nitrogens with zero attached hydrogens (tertiary/aromatic N) is 1. The normalized spacial score (nSPS) is 26.2. The van der Waals surface area contributed by atoms with E-state index in [2.05, 4.69) is 10.6 Å². The van der Waals surface area contributed by atoms with Crippen molar-refractivity contribution in [3.05, 3.63) is 29.3 Å². The molecule has 96 valence electrons. The lowest BCUT2D eigenvalue weighted by molar-refractivity contribution is 0.219. The van der Waals surface area contributed by atoms with Crippen LogP contribution in [-0.2, 0) is 0 Å². The number of carbonyl (C=O) groups excluding carboxylic acids is 1. The first-order valence-electron chi connectivity index (χ1n) is 6.25. The number of benzene rings is 1. The number of nitrogens with one attached hydrogen (secondary N) is 2. The highest BCUT2D eigenvalue weighted by Gasteiger charge is 2.38. The van der Waals surface area contributed by atoms with E-state index in [1.165, 1.54) is 0 Å². The monoisotopic (exact) mass is 265 g/mol. The third-order valence-electron chi connectivity index (χ3n) is 3.79. The molecule has 0 spiro atoms. The van der Waals surface area contributed by atoms with Gasteiger partial charge in [-0.05, 0) is 24.0 Å². The third-order valence-corrected chi connectivity index (χ3v) is 4.12. The average molecular weight is 266 g/mol. The first-order chi connectivity index (χ1) is 8.74. The summed E-state index contributed by atoms with van der Waals surface area (Å²) in [4.78, 5) is 14.0. The number of hydrogen-bond donors (Lipinski definition) is 2. The second kappa shape index (κ2) is 4.78. The fourth-order valence-electron chi connectivity index (χ4n) is 2.78. The SMILES string of the molecule is O=C(Nc1ccccc1Cl)N1CC2CNCC2C1. The Bertz CT molecular complexity index is 453. The zero-order valence-corrected chi connectivity index (χ0v) is 10.8. The number of anilines is 1. The zero-order valence-electron chi connectivity index (χ0n) is 10.0. The Balaban J connectivity index is 1.64. The van der Waals surface area contributed by atoms with E-state index in [4.69, 9.17) is 11.6 Å². The third kappa shape index (κ3) is 2.18. The molecule has 1 aromatic carbocycles. The van der Waals surface area contributed by atoms with Crippen molar-refractivity contribution in [2.45, 2.75) is 0 Å². The first-order valence-corrected chi connectivity index (χ1v) is 6.63. The van der Waals surface area contributed by atoms with Crippen molar-refractivity contribution < 1.29 is 4.79 Å². The van der Waals surface area contributed by atoms with E-state index >= 15 is 0 Å². The minimum absolute atomic E-state index is 0.0440. The number of rotatable bonds is 1. The van der Waals surface area contributed by atoms with Crippen LogP contribution in [0.2, 0.25) is 5.02 Å². The Morgan fingerprint density at radius 3 is 2.61 bits per heavy atom. The molecule has 2 N–H and O–H groups in total. The predicted octanol–water partition coefficient (Wildman–Crippen LogP) is 2.02. The quantitative estimate of drug-likeness (QED) is 0.816. The molecular weight excluding hydrogens is 250 g/mol. The molecule has 0 aromatic heterocycles. The van der Waals surface area contributed by atoms with Crippen LogP contribution in [0.1, 0.15) is 0 Å². The molecule has 2 heterocycles. The van der Waals surface area contributed by atoms with E-state index in [9.17, 15) is 4.79 Å². The van der Waals surface area contributed by atoms with Crippen LogP contribution in [0.5, 0.6) is 0 Å². The molecular formula is C13H16ClN3O. The molecule has 0 aliphatic carbocycles. The fraction of sp³-hybridized carbons (Fsp3) is 0.462. The van der Waals surface area contributed by atoms with Gasteiger partial charge in [-0.1, -0.05) is 23.7 Å². The number of urea groups is 1. The van der Waals surface area contributed by atoms with Gasteiger partial charge in [-0.15, -0.1) is 0 Å². The van der Waals surface area contributed by atoms with Crippen LogP contribution >= 0.6 is 11.6 Å². The van der Waals surface area contributed by atoms with E-state index < -0.39 is 0 Å². The fourth-order valence-corrected chi connectivity index (χ4v) is 2.96. The number of carbonyl (C=O) groups is 1. The van der Waals surface area contributed by atoms with Gasteiger partial charge >= 0.3 is 6.03 Å². The van der Waals surface area contributed by atoms with Gasteiger partial charge < -0.3 is 15.5 Å². The molecule has 2 fully saturated rings. The number of amides is 2. The second-order valence-corrected chi connectivity index (χ2v) is 5.40. The molecule has 2 saturated heterocycles. The number of halogens is 1. The van der Waals surface area contributed by atoms with Crippen LogP contribution in [0, 0.1) is 11.8 Å². The van der Waals surface area contributed by atoms with Gasteiger partial charge in [-0.25, -0.2) is 4.79 Å². The Morgan fingerprint density at radius 1 is 1.28 bits per heavy atom. The summed E-state index contributed by atoms with van der Waals surface area (Å²) in [5, 5.41) is 6.81. The van der Waals surface area contributed by atoms with Gasteiger partial charge in [0.1, 0.15) is 0 Å². The molecule has 0 saturated carbocycles. The Kier molecular flexibility index (Phi) is 3.14. The van der Waals surface area contributed by atoms with Crippen LogP contribution < -0.4 is 10.6 Å². The summed E-state index contributed by atoms with van der Waals surface area (Å²) in [6.07, 6.45) is 0. The average Bonchev–Trinajstić information content (AvgIpc) is 2.92. The number of likely N-dealkylation sites (tertiary alicyclic amines) is 1. The molecule has 2 aliphatic heterocycles. The van der Waals surface area contributed by atoms with Crippen LogP contribution in [0.25, 0.3) is 0 Å². The minimum Gasteiger partial charge on any atom is -0.324 e. The van der Waals surface area contributed by atoms with Gasteiger partial charge in [-0.3, -0.25) is 0 Å². The summed E-state index contributed by atoms with van der Waals surface area (Å²) < 4.78 is 0. The highest BCUT2D eigenvalue weighted by atomic mass is 35.5. The molecule has 2 aliphatic rings. The molecule has 0 radical (unpaired) electrons. The van der Waals surface area contributed by atoms with Gasteiger partial charge in [0.25, 0.3) is 0 Å². The summed E-state index contributed by atoms with van der Waals surface area (Å²) >= 11 is 6.03. The summed E-state index contributed by atoms with van der Waals surface area (Å²) in [6, 6.07) is 7.27. The van der Waals surface area contributed by atoms with Gasteiger partial charge in [0.2, 0.25) is 0 Å². The van der Waals surface area contributed by atoms with Crippen molar-refractivity contribution in [3.63, 3.8) is 0 Å².